The van der Waals surface area contributed by atoms with Crippen LogP contribution in [-0.2, 0) is 20.9 Å². The second-order valence-electron chi connectivity index (χ2n) is 5.51. The molecule has 10 heteroatoms. The fourth-order valence-corrected chi connectivity index (χ4v) is 2.24. The van der Waals surface area contributed by atoms with E-state index < -0.39 is 29.3 Å². The second kappa shape index (κ2) is 10.0. The van der Waals surface area contributed by atoms with Crippen LogP contribution in [0, 0.1) is 10.1 Å². The molecule has 0 aromatic heterocycles. The average molecular weight is 406 g/mol. The Morgan fingerprint density at radius 2 is 1.68 bits per heavy atom. The number of hydrogen-bond acceptors (Lipinski definition) is 6. The third-order valence-electron chi connectivity index (χ3n) is 3.52. The number of ether oxygens (including phenoxy) is 1. The Bertz CT molecular complexity index is 885. The molecule has 28 heavy (non-hydrogen) atoms. The van der Waals surface area contributed by atoms with E-state index in [1.54, 1.807) is 18.2 Å². The minimum Gasteiger partial charge on any atom is -0.459 e. The fourth-order valence-electron chi connectivity index (χ4n) is 2.12. The summed E-state index contributed by atoms with van der Waals surface area (Å²) in [6, 6.07) is 12.0. The molecule has 0 aliphatic rings. The number of amides is 2. The quantitative estimate of drug-likeness (QED) is 0.392. The normalized spacial score (nSPS) is 10.0. The summed E-state index contributed by atoms with van der Waals surface area (Å²) in [5.41, 5.74) is 0.410. The average Bonchev–Trinajstić information content (AvgIpc) is 2.69. The molecular weight excluding hydrogens is 390 g/mol. The number of nitrogens with one attached hydrogen (secondary N) is 2. The Balaban J connectivity index is 1.72. The van der Waals surface area contributed by atoms with Crippen LogP contribution in [0.1, 0.15) is 15.9 Å². The molecule has 0 spiro atoms. The van der Waals surface area contributed by atoms with Crippen molar-refractivity contribution in [3.05, 3.63) is 74.8 Å². The predicted octanol–water partition coefficient (Wildman–Crippen LogP) is 1.84. The molecule has 0 saturated carbocycles. The third-order valence-corrected chi connectivity index (χ3v) is 3.77. The Morgan fingerprint density at radius 3 is 2.36 bits per heavy atom. The Kier molecular flexibility index (Phi) is 7.46. The molecule has 0 bridgehead atoms. The summed E-state index contributed by atoms with van der Waals surface area (Å²) >= 11 is 5.73. The molecule has 0 unspecified atom stereocenters. The van der Waals surface area contributed by atoms with Gasteiger partial charge >= 0.3 is 5.97 Å². The maximum absolute atomic E-state index is 11.9. The Labute approximate surface area is 164 Å². The molecule has 0 aliphatic carbocycles. The van der Waals surface area contributed by atoms with Crippen molar-refractivity contribution in [2.45, 2.75) is 6.61 Å². The number of carbonyl (C=O) groups is 3. The van der Waals surface area contributed by atoms with Crippen LogP contribution in [0.3, 0.4) is 0 Å². The lowest BCUT2D eigenvalue weighted by atomic mass is 10.2. The number of rotatable bonds is 8. The van der Waals surface area contributed by atoms with E-state index in [1.807, 2.05) is 0 Å². The first-order valence-electron chi connectivity index (χ1n) is 8.05. The Hall–Kier alpha value is -3.46. The first-order chi connectivity index (χ1) is 13.4. The smallest absolute Gasteiger partial charge is 0.325 e. The van der Waals surface area contributed by atoms with E-state index in [-0.39, 0.29) is 24.4 Å². The van der Waals surface area contributed by atoms with Crippen LogP contribution in [0.4, 0.5) is 5.69 Å². The summed E-state index contributed by atoms with van der Waals surface area (Å²) in [6.07, 6.45) is 0. The highest BCUT2D eigenvalue weighted by molar-refractivity contribution is 6.30. The summed E-state index contributed by atoms with van der Waals surface area (Å²) in [5, 5.41) is 16.1. The molecule has 146 valence electrons. The first-order valence-corrected chi connectivity index (χ1v) is 8.43. The maximum Gasteiger partial charge on any atom is 0.325 e. The number of nitro groups is 1. The zero-order valence-electron chi connectivity index (χ0n) is 14.5. The standard InChI is InChI=1S/C18H16ClN3O6/c19-14-7-5-12(6-8-14)18(25)21-9-16(23)20-10-17(24)28-11-13-3-1-2-4-15(13)22(26)27/h1-8H,9-11H2,(H,20,23)(H,21,25). The van der Waals surface area contributed by atoms with E-state index >= 15 is 0 Å². The molecule has 2 N–H and O–H groups in total. The molecule has 2 rings (SSSR count). The van der Waals surface area contributed by atoms with Gasteiger partial charge in [-0.05, 0) is 30.3 Å². The van der Waals surface area contributed by atoms with Crippen molar-refractivity contribution in [2.75, 3.05) is 13.1 Å². The van der Waals surface area contributed by atoms with Gasteiger partial charge in [0.15, 0.2) is 0 Å². The van der Waals surface area contributed by atoms with Crippen LogP contribution in [0.5, 0.6) is 0 Å². The summed E-state index contributed by atoms with van der Waals surface area (Å²) in [5.74, 6) is -1.83. The second-order valence-corrected chi connectivity index (χ2v) is 5.95. The number of hydrogen-bond donors (Lipinski definition) is 2. The van der Waals surface area contributed by atoms with Gasteiger partial charge in [-0.25, -0.2) is 0 Å². The zero-order valence-corrected chi connectivity index (χ0v) is 15.3. The van der Waals surface area contributed by atoms with Crippen molar-refractivity contribution in [3.8, 4) is 0 Å². The fraction of sp³-hybridized carbons (Fsp3) is 0.167. The van der Waals surface area contributed by atoms with Crippen molar-refractivity contribution in [1.29, 1.82) is 0 Å². The van der Waals surface area contributed by atoms with E-state index in [0.29, 0.717) is 10.6 Å². The van der Waals surface area contributed by atoms with E-state index in [9.17, 15) is 24.5 Å². The SMILES string of the molecule is O=C(CNC(=O)c1ccc(Cl)cc1)NCC(=O)OCc1ccccc1[N+](=O)[O-]. The highest BCUT2D eigenvalue weighted by atomic mass is 35.5. The zero-order chi connectivity index (χ0) is 20.5. The predicted molar refractivity (Wildman–Crippen MR) is 99.7 cm³/mol. The van der Waals surface area contributed by atoms with Crippen LogP contribution < -0.4 is 10.6 Å². The lowest BCUT2D eigenvalue weighted by Crippen LogP contribution is -2.39. The highest BCUT2D eigenvalue weighted by Crippen LogP contribution is 2.18. The summed E-state index contributed by atoms with van der Waals surface area (Å²) in [7, 11) is 0. The van der Waals surface area contributed by atoms with Crippen molar-refractivity contribution in [2.24, 2.45) is 0 Å². The number of halogens is 1. The molecular formula is C18H16ClN3O6. The molecule has 0 saturated heterocycles. The molecule has 0 fully saturated rings. The molecule has 2 amide bonds. The van der Waals surface area contributed by atoms with Gasteiger partial charge in [0, 0.05) is 16.7 Å². The van der Waals surface area contributed by atoms with Crippen LogP contribution in [0.2, 0.25) is 5.02 Å². The minimum absolute atomic E-state index is 0.163. The van der Waals surface area contributed by atoms with Crippen molar-refractivity contribution < 1.29 is 24.0 Å². The van der Waals surface area contributed by atoms with Crippen molar-refractivity contribution in [3.63, 3.8) is 0 Å². The molecule has 0 radical (unpaired) electrons. The monoisotopic (exact) mass is 405 g/mol. The van der Waals surface area contributed by atoms with Crippen LogP contribution in [0.15, 0.2) is 48.5 Å². The third kappa shape index (κ3) is 6.36. The van der Waals surface area contributed by atoms with E-state index in [1.165, 1.54) is 30.3 Å². The summed E-state index contributed by atoms with van der Waals surface area (Å²) < 4.78 is 4.92. The van der Waals surface area contributed by atoms with Crippen molar-refractivity contribution >= 4 is 35.1 Å². The van der Waals surface area contributed by atoms with E-state index in [4.69, 9.17) is 16.3 Å². The van der Waals surface area contributed by atoms with Gasteiger partial charge in [-0.15, -0.1) is 0 Å². The minimum atomic E-state index is -0.768. The number of benzene rings is 2. The maximum atomic E-state index is 11.9. The number of nitrogens with zero attached hydrogens (tertiary/aromatic N) is 1. The topological polar surface area (TPSA) is 128 Å². The first kappa shape index (κ1) is 20.8. The van der Waals surface area contributed by atoms with Crippen LogP contribution in [0.25, 0.3) is 0 Å². The van der Waals surface area contributed by atoms with Crippen LogP contribution in [-0.4, -0.2) is 35.8 Å². The lowest BCUT2D eigenvalue weighted by Gasteiger charge is -2.08. The number of carbonyl (C=O) groups excluding carboxylic acids is 3. The van der Waals surface area contributed by atoms with Gasteiger partial charge in [-0.2, -0.15) is 0 Å². The van der Waals surface area contributed by atoms with E-state index in [0.717, 1.165) is 0 Å². The summed E-state index contributed by atoms with van der Waals surface area (Å²) in [4.78, 5) is 45.6. The van der Waals surface area contributed by atoms with E-state index in [2.05, 4.69) is 10.6 Å². The van der Waals surface area contributed by atoms with Gasteiger partial charge in [-0.1, -0.05) is 23.7 Å². The van der Waals surface area contributed by atoms with Crippen molar-refractivity contribution in [1.82, 2.24) is 10.6 Å². The number of nitro benzene ring substituents is 1. The van der Waals surface area contributed by atoms with Gasteiger partial charge in [0.2, 0.25) is 5.91 Å². The molecule has 9 nitrogen and oxygen atoms in total. The van der Waals surface area contributed by atoms with Gasteiger partial charge < -0.3 is 15.4 Å². The number of para-hydroxylation sites is 1. The molecule has 0 atom stereocenters. The molecule has 0 heterocycles. The number of esters is 1. The molecule has 0 aliphatic heterocycles. The van der Waals surface area contributed by atoms with Crippen LogP contribution >= 0.6 is 11.6 Å². The van der Waals surface area contributed by atoms with Gasteiger partial charge in [0.1, 0.15) is 13.2 Å². The largest absolute Gasteiger partial charge is 0.459 e. The highest BCUT2D eigenvalue weighted by Gasteiger charge is 2.15. The molecule has 2 aromatic rings. The van der Waals surface area contributed by atoms with Gasteiger partial charge in [0.25, 0.3) is 11.6 Å². The van der Waals surface area contributed by atoms with Gasteiger partial charge in [-0.3, -0.25) is 24.5 Å². The molecule has 2 aromatic carbocycles. The van der Waals surface area contributed by atoms with Gasteiger partial charge in [0.05, 0.1) is 17.0 Å². The lowest BCUT2D eigenvalue weighted by molar-refractivity contribution is -0.385. The Morgan fingerprint density at radius 1 is 1.00 bits per heavy atom. The summed E-state index contributed by atoms with van der Waals surface area (Å²) in [6.45, 7) is -1.06.